The van der Waals surface area contributed by atoms with Crippen LogP contribution in [-0.2, 0) is 17.1 Å². The summed E-state index contributed by atoms with van der Waals surface area (Å²) in [4.78, 5) is 0. The zero-order valence-electron chi connectivity index (χ0n) is 11.0. The summed E-state index contributed by atoms with van der Waals surface area (Å²) in [7, 11) is -2.17. The quantitative estimate of drug-likeness (QED) is 0.399. The van der Waals surface area contributed by atoms with Crippen molar-refractivity contribution in [1.29, 1.82) is 15.8 Å². The van der Waals surface area contributed by atoms with E-state index < -0.39 is 7.32 Å². The van der Waals surface area contributed by atoms with Gasteiger partial charge in [-0.25, -0.2) is 0 Å². The van der Waals surface area contributed by atoms with Crippen molar-refractivity contribution in [3.05, 3.63) is 26.6 Å². The van der Waals surface area contributed by atoms with Crippen LogP contribution in [-0.4, -0.2) is 22.4 Å². The topological polar surface area (TPSA) is 132 Å². The Morgan fingerprint density at radius 3 is 1.32 bits per heavy atom. The van der Waals surface area contributed by atoms with Gasteiger partial charge in [-0.3, -0.25) is 0 Å². The van der Waals surface area contributed by atoms with Crippen LogP contribution in [0.5, 0.6) is 0 Å². The first-order chi connectivity index (χ1) is 8.65. The standard InChI is InChI=1S/C8H17.3CN.BH3O3.Cu/c1-3-5-7-8-6-4-2;3*1-2;2-1(3)4;/h1,3-8H2,2H3;;;;2-4H;/q4*-1;;. The largest absolute Gasteiger partial charge is 0.631 e. The summed E-state index contributed by atoms with van der Waals surface area (Å²) in [6.07, 6.45) is 7.98. The molecule has 0 aromatic heterocycles. The molecule has 0 heterocycles. The van der Waals surface area contributed by atoms with E-state index >= 15 is 0 Å². The monoisotopic (exact) mass is 316 g/mol. The number of hydrogen-bond donors (Lipinski definition) is 3. The van der Waals surface area contributed by atoms with Gasteiger partial charge in [0.15, 0.2) is 0 Å². The number of unbranched alkanes of at least 4 members (excludes halogenated alkanes) is 5. The Balaban J connectivity index is -0.0000000329. The van der Waals surface area contributed by atoms with Crippen molar-refractivity contribution in [3.8, 4) is 0 Å². The Morgan fingerprint density at radius 1 is 0.842 bits per heavy atom. The van der Waals surface area contributed by atoms with Gasteiger partial charge in [-0.1, -0.05) is 39.0 Å². The maximum atomic E-state index is 7.17. The molecule has 0 saturated carbocycles. The van der Waals surface area contributed by atoms with E-state index in [1.165, 1.54) is 32.1 Å². The van der Waals surface area contributed by atoms with E-state index in [0.717, 1.165) is 6.42 Å². The third-order valence-corrected chi connectivity index (χ3v) is 1.35. The fourth-order valence-electron chi connectivity index (χ4n) is 0.780. The first-order valence-corrected chi connectivity index (χ1v) is 5.15. The number of rotatable bonds is 5. The van der Waals surface area contributed by atoms with Crippen molar-refractivity contribution in [3.63, 3.8) is 0 Å². The Morgan fingerprint density at radius 2 is 1.11 bits per heavy atom. The van der Waals surface area contributed by atoms with Gasteiger partial charge in [0.2, 0.25) is 0 Å². The molecule has 115 valence electrons. The molecule has 3 N–H and O–H groups in total. The van der Waals surface area contributed by atoms with Crippen LogP contribution in [0.3, 0.4) is 0 Å². The zero-order valence-corrected chi connectivity index (χ0v) is 12.0. The molecule has 6 nitrogen and oxygen atoms in total. The average molecular weight is 317 g/mol. The summed E-state index contributed by atoms with van der Waals surface area (Å²) in [5.74, 6) is 0. The molecule has 0 unspecified atom stereocenters. The molecule has 1 radical (unpaired) electrons. The number of hydrogen-bond acceptors (Lipinski definition) is 6. The van der Waals surface area contributed by atoms with Crippen molar-refractivity contribution in [1.82, 2.24) is 0 Å². The van der Waals surface area contributed by atoms with E-state index in [1.54, 1.807) is 0 Å². The van der Waals surface area contributed by atoms with Crippen molar-refractivity contribution in [2.24, 2.45) is 0 Å². The van der Waals surface area contributed by atoms with Gasteiger partial charge in [-0.2, -0.15) is 6.42 Å². The Bertz CT molecular complexity index is 144. The number of nitrogens with zero attached hydrogens (tertiary/aromatic N) is 3. The van der Waals surface area contributed by atoms with Gasteiger partial charge < -0.3 is 57.5 Å². The smallest absolute Gasteiger partial charge is 0.512 e. The van der Waals surface area contributed by atoms with Gasteiger partial charge in [-0.05, 0) is 0 Å². The minimum absolute atomic E-state index is 0. The first kappa shape index (κ1) is 36.1. The van der Waals surface area contributed by atoms with Crippen LogP contribution in [0.15, 0.2) is 0 Å². The molecule has 19 heavy (non-hydrogen) atoms. The molecule has 0 atom stereocenters. The van der Waals surface area contributed by atoms with Gasteiger partial charge in [0.05, 0.1) is 0 Å². The van der Waals surface area contributed by atoms with Gasteiger partial charge in [-0.15, -0.1) is 0 Å². The molecular weight excluding hydrogens is 296 g/mol. The molecule has 0 aliphatic heterocycles. The molecule has 0 fully saturated rings. The molecule has 0 bridgehead atoms. The van der Waals surface area contributed by atoms with Crippen molar-refractivity contribution < 1.29 is 32.1 Å². The predicted octanol–water partition coefficient (Wildman–Crippen LogP) is 1.42. The Kier molecular flexibility index (Phi) is 130. The van der Waals surface area contributed by atoms with E-state index in [0.29, 0.717) is 0 Å². The molecule has 8 heteroatoms. The fraction of sp³-hybridized carbons (Fsp3) is 0.636. The van der Waals surface area contributed by atoms with Crippen LogP contribution in [0.2, 0.25) is 0 Å². The first-order valence-electron chi connectivity index (χ1n) is 5.15. The molecule has 0 rings (SSSR count). The van der Waals surface area contributed by atoms with E-state index in [4.69, 9.17) is 50.6 Å². The normalized spacial score (nSPS) is 5.84. The summed E-state index contributed by atoms with van der Waals surface area (Å²) in [5.41, 5.74) is 0. The molecule has 0 spiro atoms. The molecule has 0 amide bonds. The van der Waals surface area contributed by atoms with Gasteiger partial charge in [0.25, 0.3) is 0 Å². The summed E-state index contributed by atoms with van der Waals surface area (Å²) >= 11 is 0. The van der Waals surface area contributed by atoms with E-state index in [2.05, 4.69) is 13.8 Å². The summed E-state index contributed by atoms with van der Waals surface area (Å²) in [6.45, 7) is 20.3. The average Bonchev–Trinajstić information content (AvgIpc) is 2.41. The molecule has 0 aromatic rings. The summed E-state index contributed by atoms with van der Waals surface area (Å²) < 4.78 is 0. The van der Waals surface area contributed by atoms with Crippen LogP contribution in [0, 0.1) is 42.4 Å². The van der Waals surface area contributed by atoms with Crippen molar-refractivity contribution >= 4 is 7.32 Å². The minimum Gasteiger partial charge on any atom is -0.512 e. The second-order valence-electron chi connectivity index (χ2n) is 2.61. The molecule has 0 aromatic carbocycles. The van der Waals surface area contributed by atoms with Crippen LogP contribution < -0.4 is 0 Å². The molecule has 0 saturated heterocycles. The van der Waals surface area contributed by atoms with Crippen LogP contribution in [0.25, 0.3) is 0 Å². The molecule has 0 aliphatic carbocycles. The van der Waals surface area contributed by atoms with Crippen LogP contribution >= 0.6 is 0 Å². The van der Waals surface area contributed by atoms with Crippen LogP contribution in [0.1, 0.15) is 45.4 Å². The summed E-state index contributed by atoms with van der Waals surface area (Å²) in [5, 5.41) is 40.2. The van der Waals surface area contributed by atoms with Gasteiger partial charge in [0, 0.05) is 17.1 Å². The van der Waals surface area contributed by atoms with Crippen LogP contribution in [0.4, 0.5) is 0 Å². The third-order valence-electron chi connectivity index (χ3n) is 1.35. The van der Waals surface area contributed by atoms with E-state index in [9.17, 15) is 0 Å². The predicted molar refractivity (Wildman–Crippen MR) is 66.0 cm³/mol. The zero-order chi connectivity index (χ0) is 15.8. The fourth-order valence-corrected chi connectivity index (χ4v) is 0.780. The Hall–Kier alpha value is -1.07. The third kappa shape index (κ3) is 244. The maximum Gasteiger partial charge on any atom is 0.631 e. The van der Waals surface area contributed by atoms with Crippen molar-refractivity contribution in [2.75, 3.05) is 0 Å². The molecular formula is C11H20BCuN3O3-4. The van der Waals surface area contributed by atoms with E-state index in [-0.39, 0.29) is 17.1 Å². The maximum absolute atomic E-state index is 7.17. The molecule has 0 aliphatic rings. The van der Waals surface area contributed by atoms with Crippen molar-refractivity contribution in [2.45, 2.75) is 45.4 Å². The van der Waals surface area contributed by atoms with E-state index in [1.807, 2.05) is 0 Å². The van der Waals surface area contributed by atoms with Gasteiger partial charge >= 0.3 is 7.32 Å². The summed E-state index contributed by atoms with van der Waals surface area (Å²) in [6, 6.07) is 0. The van der Waals surface area contributed by atoms with Gasteiger partial charge in [0.1, 0.15) is 0 Å². The SMILES string of the molecule is OB(O)O.[C-]#N.[C-]#N.[C-]#N.[CH2-]CCCCCCC.[Cu]. The second kappa shape index (κ2) is 68.3. The second-order valence-corrected chi connectivity index (χ2v) is 2.61. The Labute approximate surface area is 127 Å². The minimum atomic E-state index is -2.17.